The first kappa shape index (κ1) is 11.9. The normalized spacial score (nSPS) is 17.0. The van der Waals surface area contributed by atoms with E-state index in [9.17, 15) is 0 Å². The highest BCUT2D eigenvalue weighted by atomic mass is 16.7. The van der Waals surface area contributed by atoms with Gasteiger partial charge >= 0.3 is 0 Å². The van der Waals surface area contributed by atoms with Crippen LogP contribution in [0.1, 0.15) is 20.3 Å². The number of hydroxylamine groups is 2. The Labute approximate surface area is 76.2 Å². The van der Waals surface area contributed by atoms with Crippen LogP contribution in [0.4, 0.5) is 0 Å². The van der Waals surface area contributed by atoms with Gasteiger partial charge in [0.2, 0.25) is 0 Å². The van der Waals surface area contributed by atoms with Gasteiger partial charge in [0.15, 0.2) is 0 Å². The molecule has 2 atom stereocenters. The summed E-state index contributed by atoms with van der Waals surface area (Å²) in [6.45, 7) is 4.38. The molecule has 0 N–H and O–H groups in total. The molecule has 0 heterocycles. The fourth-order valence-electron chi connectivity index (χ4n) is 1.12. The van der Waals surface area contributed by atoms with E-state index in [1.165, 1.54) is 0 Å². The topological polar surface area (TPSA) is 15.7 Å². The van der Waals surface area contributed by atoms with Gasteiger partial charge < -0.3 is 0 Å². The van der Waals surface area contributed by atoms with Crippen LogP contribution in [0.25, 0.3) is 0 Å². The number of hydrogen-bond acceptors (Lipinski definition) is 3. The summed E-state index contributed by atoms with van der Waals surface area (Å²) in [6.07, 6.45) is 1.32. The van der Waals surface area contributed by atoms with E-state index in [1.807, 2.05) is 28.2 Å². The van der Waals surface area contributed by atoms with Crippen LogP contribution in [0.15, 0.2) is 0 Å². The van der Waals surface area contributed by atoms with E-state index in [-0.39, 0.29) is 6.23 Å². The van der Waals surface area contributed by atoms with Crippen molar-refractivity contribution in [3.8, 4) is 0 Å². The van der Waals surface area contributed by atoms with Crippen molar-refractivity contribution < 1.29 is 4.84 Å². The van der Waals surface area contributed by atoms with Crippen molar-refractivity contribution in [2.45, 2.75) is 26.5 Å². The van der Waals surface area contributed by atoms with E-state index in [0.717, 1.165) is 6.42 Å². The molecule has 0 radical (unpaired) electrons. The molecule has 0 aliphatic heterocycles. The summed E-state index contributed by atoms with van der Waals surface area (Å²) < 4.78 is 0. The van der Waals surface area contributed by atoms with Crippen molar-refractivity contribution >= 4 is 0 Å². The van der Waals surface area contributed by atoms with Gasteiger partial charge in [-0.3, -0.25) is 9.74 Å². The van der Waals surface area contributed by atoms with Crippen LogP contribution in [0.2, 0.25) is 0 Å². The summed E-state index contributed by atoms with van der Waals surface area (Å²) >= 11 is 0. The van der Waals surface area contributed by atoms with Gasteiger partial charge in [-0.15, -0.1) is 0 Å². The van der Waals surface area contributed by atoms with Crippen molar-refractivity contribution in [3.63, 3.8) is 0 Å². The van der Waals surface area contributed by atoms with Gasteiger partial charge in [0.05, 0.1) is 0 Å². The summed E-state index contributed by atoms with van der Waals surface area (Å²) in [7, 11) is 7.92. The summed E-state index contributed by atoms with van der Waals surface area (Å²) in [5.74, 6) is 0.558. The number of nitrogens with zero attached hydrogens (tertiary/aromatic N) is 2. The standard InChI is InChI=1S/C9H22N2O/c1-7-8(2)9(10(3)4)12-11(5)6/h8-9H,7H2,1-6H3. The molecule has 0 aliphatic rings. The van der Waals surface area contributed by atoms with Gasteiger partial charge in [-0.1, -0.05) is 13.8 Å². The average molecular weight is 174 g/mol. The minimum atomic E-state index is 0.185. The minimum absolute atomic E-state index is 0.185. The molecule has 0 bridgehead atoms. The first-order valence-electron chi connectivity index (χ1n) is 4.49. The second-order valence-electron chi connectivity index (χ2n) is 3.66. The lowest BCUT2D eigenvalue weighted by Gasteiger charge is -2.31. The van der Waals surface area contributed by atoms with E-state index in [1.54, 1.807) is 5.06 Å². The maximum absolute atomic E-state index is 5.62. The Morgan fingerprint density at radius 1 is 1.17 bits per heavy atom. The van der Waals surface area contributed by atoms with Crippen LogP contribution < -0.4 is 0 Å². The lowest BCUT2D eigenvalue weighted by molar-refractivity contribution is -0.222. The molecule has 3 nitrogen and oxygen atoms in total. The Balaban J connectivity index is 4.03. The van der Waals surface area contributed by atoms with Gasteiger partial charge in [0, 0.05) is 14.1 Å². The first-order chi connectivity index (χ1) is 5.49. The SMILES string of the molecule is CCC(C)C(ON(C)C)N(C)C. The van der Waals surface area contributed by atoms with Gasteiger partial charge in [0.1, 0.15) is 6.23 Å². The Kier molecular flexibility index (Phi) is 5.46. The molecule has 0 aromatic heterocycles. The van der Waals surface area contributed by atoms with E-state index >= 15 is 0 Å². The van der Waals surface area contributed by atoms with Crippen LogP contribution in [0.5, 0.6) is 0 Å². The van der Waals surface area contributed by atoms with Crippen molar-refractivity contribution in [1.29, 1.82) is 0 Å². The number of hydrogen-bond donors (Lipinski definition) is 0. The summed E-state index contributed by atoms with van der Waals surface area (Å²) in [4.78, 5) is 7.73. The molecule has 0 rings (SSSR count). The molecule has 0 aliphatic carbocycles. The average Bonchev–Trinajstić information content (AvgIpc) is 1.98. The highest BCUT2D eigenvalue weighted by Crippen LogP contribution is 2.13. The maximum atomic E-state index is 5.62. The van der Waals surface area contributed by atoms with E-state index in [4.69, 9.17) is 4.84 Å². The van der Waals surface area contributed by atoms with Gasteiger partial charge in [-0.05, 0) is 26.4 Å². The highest BCUT2D eigenvalue weighted by Gasteiger charge is 2.19. The van der Waals surface area contributed by atoms with E-state index in [0.29, 0.717) is 5.92 Å². The van der Waals surface area contributed by atoms with Crippen LogP contribution >= 0.6 is 0 Å². The lowest BCUT2D eigenvalue weighted by atomic mass is 10.1. The third kappa shape index (κ3) is 4.04. The monoisotopic (exact) mass is 174 g/mol. The molecular formula is C9H22N2O. The van der Waals surface area contributed by atoms with Crippen LogP contribution in [0, 0.1) is 5.92 Å². The van der Waals surface area contributed by atoms with Crippen molar-refractivity contribution in [2.24, 2.45) is 5.92 Å². The third-order valence-corrected chi connectivity index (χ3v) is 1.96. The Morgan fingerprint density at radius 3 is 1.92 bits per heavy atom. The smallest absolute Gasteiger partial charge is 0.134 e. The molecular weight excluding hydrogens is 152 g/mol. The molecule has 0 aromatic carbocycles. The van der Waals surface area contributed by atoms with E-state index < -0.39 is 0 Å². The molecule has 0 spiro atoms. The summed E-state index contributed by atoms with van der Waals surface area (Å²) in [5.41, 5.74) is 0. The third-order valence-electron chi connectivity index (χ3n) is 1.96. The Bertz CT molecular complexity index is 115. The van der Waals surface area contributed by atoms with Crippen molar-refractivity contribution in [2.75, 3.05) is 28.2 Å². The van der Waals surface area contributed by atoms with Crippen molar-refractivity contribution in [3.05, 3.63) is 0 Å². The van der Waals surface area contributed by atoms with E-state index in [2.05, 4.69) is 18.7 Å². The molecule has 0 aromatic rings. The summed E-state index contributed by atoms with van der Waals surface area (Å²) in [5, 5.41) is 1.76. The van der Waals surface area contributed by atoms with Crippen LogP contribution in [-0.2, 0) is 4.84 Å². The predicted octanol–water partition coefficient (Wildman–Crippen LogP) is 1.41. The quantitative estimate of drug-likeness (QED) is 0.463. The fourth-order valence-corrected chi connectivity index (χ4v) is 1.12. The lowest BCUT2D eigenvalue weighted by Crippen LogP contribution is -2.39. The Morgan fingerprint density at radius 2 is 1.67 bits per heavy atom. The molecule has 2 unspecified atom stereocenters. The second-order valence-corrected chi connectivity index (χ2v) is 3.66. The fraction of sp³-hybridized carbons (Fsp3) is 1.00. The van der Waals surface area contributed by atoms with Crippen LogP contribution in [0.3, 0.4) is 0 Å². The van der Waals surface area contributed by atoms with Gasteiger partial charge in [0.25, 0.3) is 0 Å². The van der Waals surface area contributed by atoms with Crippen molar-refractivity contribution in [1.82, 2.24) is 9.96 Å². The molecule has 0 amide bonds. The largest absolute Gasteiger partial charge is 0.283 e. The zero-order valence-corrected chi connectivity index (χ0v) is 9.16. The van der Waals surface area contributed by atoms with Gasteiger partial charge in [-0.2, -0.15) is 5.06 Å². The zero-order chi connectivity index (χ0) is 9.72. The maximum Gasteiger partial charge on any atom is 0.134 e. The highest BCUT2D eigenvalue weighted by molar-refractivity contribution is 4.61. The molecule has 12 heavy (non-hydrogen) atoms. The predicted molar refractivity (Wildman–Crippen MR) is 51.7 cm³/mol. The first-order valence-corrected chi connectivity index (χ1v) is 4.49. The van der Waals surface area contributed by atoms with Crippen LogP contribution in [-0.4, -0.2) is 44.4 Å². The molecule has 74 valence electrons. The number of rotatable bonds is 5. The minimum Gasteiger partial charge on any atom is -0.283 e. The zero-order valence-electron chi connectivity index (χ0n) is 9.16. The molecule has 0 saturated heterocycles. The molecule has 0 saturated carbocycles. The Hall–Kier alpha value is -0.120. The summed E-state index contributed by atoms with van der Waals surface area (Å²) in [6, 6.07) is 0. The molecule has 3 heteroatoms. The molecule has 0 fully saturated rings. The van der Waals surface area contributed by atoms with Gasteiger partial charge in [-0.25, -0.2) is 0 Å². The second kappa shape index (κ2) is 5.51.